The van der Waals surface area contributed by atoms with E-state index in [9.17, 15) is 59.4 Å². The first-order valence-electron chi connectivity index (χ1n) is 26.4. The molecule has 17 heteroatoms. The number of carbonyl (C=O) groups is 6. The van der Waals surface area contributed by atoms with Crippen molar-refractivity contribution in [2.24, 2.45) is 0 Å². The summed E-state index contributed by atoms with van der Waals surface area (Å²) in [6.45, 7) is 26.3. The fraction of sp³-hybridized carbons (Fsp3) is 0.737. The maximum Gasteiger partial charge on any atom is 3.00 e. The minimum Gasteiger partial charge on any atom is -0.550 e. The van der Waals surface area contributed by atoms with Crippen molar-refractivity contribution >= 4 is 56.2 Å². The third-order valence-corrected chi connectivity index (χ3v) is 9.57. The van der Waals surface area contributed by atoms with Crippen LogP contribution in [0, 0.1) is 0 Å². The van der Waals surface area contributed by atoms with Gasteiger partial charge in [0.25, 0.3) is 20.4 Å². The van der Waals surface area contributed by atoms with Crippen LogP contribution in [-0.4, -0.2) is 56.2 Å². The van der Waals surface area contributed by atoms with Gasteiger partial charge in [0, 0.05) is 35.8 Å². The Morgan fingerprint density at radius 1 is 0.230 bits per heavy atom. The molecule has 0 aliphatic heterocycles. The van der Waals surface area contributed by atoms with E-state index in [0.717, 1.165) is 116 Å². The molecule has 0 aliphatic carbocycles. The van der Waals surface area contributed by atoms with E-state index < -0.39 is 35.8 Å². The van der Waals surface area contributed by atoms with E-state index in [2.05, 4.69) is 61.9 Å². The molecule has 0 fully saturated rings. The summed E-state index contributed by atoms with van der Waals surface area (Å²) in [6.07, 6.45) is 33.6. The zero-order chi connectivity index (χ0) is 57.2. The van der Waals surface area contributed by atoms with Crippen molar-refractivity contribution in [1.29, 1.82) is 0 Å². The summed E-state index contributed by atoms with van der Waals surface area (Å²) < 4.78 is 0. The summed E-state index contributed by atoms with van der Waals surface area (Å²) in [5.74, 6) is -5.52. The number of hydrogen-bond acceptors (Lipinski definition) is 15. The number of carboxylic acids is 6. The zero-order valence-electron chi connectivity index (χ0n) is 46.4. The molecule has 8 radical (unpaired) electrons. The van der Waals surface area contributed by atoms with Crippen molar-refractivity contribution in [3.63, 3.8) is 0 Å². The molecular weight excluding hydrogens is 1030 g/mol. The molecule has 1 aromatic rings. The third kappa shape index (κ3) is 158. The summed E-state index contributed by atoms with van der Waals surface area (Å²) in [5.41, 5.74) is 0. The van der Waals surface area contributed by atoms with Gasteiger partial charge in [0.1, 0.15) is 0 Å². The van der Waals surface area contributed by atoms with Crippen LogP contribution in [0.25, 0.3) is 0 Å². The van der Waals surface area contributed by atoms with Gasteiger partial charge in [-0.2, -0.15) is 0 Å². The Hall–Kier alpha value is -3.89. The van der Waals surface area contributed by atoms with Gasteiger partial charge in [-0.1, -0.05) is 232 Å². The molecule has 0 saturated heterocycles. The average Bonchev–Trinajstić information content (AvgIpc) is 3.37. The molecule has 0 amide bonds. The van der Waals surface area contributed by atoms with Gasteiger partial charge < -0.3 is 59.4 Å². The zero-order valence-corrected chi connectivity index (χ0v) is 48.9. The third-order valence-electron chi connectivity index (χ3n) is 9.57. The summed E-state index contributed by atoms with van der Waals surface area (Å²) in [6, 6.07) is 12.0. The minimum absolute atomic E-state index is 0. The molecule has 0 unspecified atom stereocenters. The van der Waals surface area contributed by atoms with Crippen LogP contribution < -0.4 is 30.6 Å². The smallest absolute Gasteiger partial charge is 0.550 e. The van der Waals surface area contributed by atoms with Crippen molar-refractivity contribution in [3.8, 4) is 0 Å². The molecule has 0 aromatic heterocycles. The number of rotatable bonds is 36. The normalized spacial score (nSPS) is 8.68. The molecule has 1 aromatic carbocycles. The van der Waals surface area contributed by atoms with E-state index in [1.165, 1.54) is 77.0 Å². The van der Waals surface area contributed by atoms with Crippen LogP contribution in [0.4, 0.5) is 0 Å². The van der Waals surface area contributed by atoms with E-state index in [-0.39, 0.29) is 73.2 Å². The van der Waals surface area contributed by atoms with Crippen molar-refractivity contribution in [1.82, 2.24) is 0 Å². The molecule has 74 heavy (non-hydrogen) atoms. The largest absolute Gasteiger partial charge is 3.00 e. The van der Waals surface area contributed by atoms with Gasteiger partial charge in [-0.3, -0.25) is 14.4 Å². The Balaban J connectivity index is -0.0000000682. The van der Waals surface area contributed by atoms with Crippen LogP contribution in [0.2, 0.25) is 0 Å². The maximum atomic E-state index is 9.92. The fourth-order valence-electron chi connectivity index (χ4n) is 5.62. The predicted molar refractivity (Wildman–Crippen MR) is 274 cm³/mol. The first-order valence-corrected chi connectivity index (χ1v) is 26.4. The van der Waals surface area contributed by atoms with Gasteiger partial charge in [0.05, 0.1) is 0 Å². The van der Waals surface area contributed by atoms with Crippen LogP contribution in [-0.2, 0) is 77.9 Å². The van der Waals surface area contributed by atoms with Crippen LogP contribution in [0.1, 0.15) is 273 Å². The second kappa shape index (κ2) is 102. The number of benzene rings is 1. The van der Waals surface area contributed by atoms with Crippen LogP contribution in [0.5, 0.6) is 0 Å². The number of carboxylic acid groups (broad SMARTS) is 6. The van der Waals surface area contributed by atoms with Crippen LogP contribution >= 0.6 is 0 Å². The van der Waals surface area contributed by atoms with E-state index in [1.807, 2.05) is 36.4 Å². The molecule has 0 saturated carbocycles. The molecule has 15 nitrogen and oxygen atoms in total. The van der Waals surface area contributed by atoms with Crippen LogP contribution in [0.3, 0.4) is 0 Å². The molecular formula is C57H96Cr2O15. The number of carbonyl (C=O) groups excluding carboxylic acids is 9. The van der Waals surface area contributed by atoms with Crippen molar-refractivity contribution in [3.05, 3.63) is 36.4 Å². The Morgan fingerprint density at radius 2 is 0.324 bits per heavy atom. The maximum absolute atomic E-state index is 9.92. The summed E-state index contributed by atoms with van der Waals surface area (Å²) in [4.78, 5) is 82.0. The summed E-state index contributed by atoms with van der Waals surface area (Å²) in [5, 5.41) is 59.5. The number of unbranched alkanes of at least 4 members (excludes halogenated alkanes) is 24. The van der Waals surface area contributed by atoms with Crippen molar-refractivity contribution < 1.29 is 109 Å². The Bertz CT molecular complexity index is 979. The quantitative estimate of drug-likeness (QED) is 0.0607. The van der Waals surface area contributed by atoms with Crippen LogP contribution in [0.15, 0.2) is 36.4 Å². The topological polar surface area (TPSA) is 292 Å². The van der Waals surface area contributed by atoms with Gasteiger partial charge in [0.2, 0.25) is 0 Å². The first-order chi connectivity index (χ1) is 34.6. The Kier molecular flexibility index (Phi) is 132. The van der Waals surface area contributed by atoms with E-state index in [0.29, 0.717) is 0 Å². The number of aliphatic carboxylic acids is 6. The standard InChI is InChI=1S/6C8H16O2.C6H6.3CO.2Cr/c6*1-2-3-4-5-6-7-8(9)10;1-2-4-6-5-3-1;3*1-2;;/h6*2-7H2,1H3,(H,9,10);1-6H;;;;;/q;;;;;;;;;;2*+3/p-6. The summed E-state index contributed by atoms with van der Waals surface area (Å²) in [7, 11) is 0. The molecule has 0 spiro atoms. The Labute approximate surface area is 471 Å². The van der Waals surface area contributed by atoms with Gasteiger partial charge >= 0.3 is 34.7 Å². The van der Waals surface area contributed by atoms with Crippen molar-refractivity contribution in [2.75, 3.05) is 0 Å². The molecule has 0 heterocycles. The molecule has 426 valence electrons. The van der Waals surface area contributed by atoms with Gasteiger partial charge in [-0.05, 0) is 77.0 Å². The fourth-order valence-corrected chi connectivity index (χ4v) is 5.62. The predicted octanol–water partition coefficient (Wildman–Crippen LogP) is 7.07. The molecule has 0 N–H and O–H groups in total. The van der Waals surface area contributed by atoms with E-state index in [4.69, 9.17) is 14.4 Å². The minimum atomic E-state index is -0.920. The van der Waals surface area contributed by atoms with Gasteiger partial charge in [-0.15, -0.1) is 0 Å². The Morgan fingerprint density at radius 3 is 0.405 bits per heavy atom. The second-order valence-electron chi connectivity index (χ2n) is 16.4. The average molecular weight is 1130 g/mol. The van der Waals surface area contributed by atoms with Crippen molar-refractivity contribution in [2.45, 2.75) is 273 Å². The first kappa shape index (κ1) is 95.8. The molecule has 0 atom stereocenters. The number of hydrogen-bond donors (Lipinski definition) is 0. The monoisotopic (exact) mass is 1120 g/mol. The van der Waals surface area contributed by atoms with Gasteiger partial charge in [0.15, 0.2) is 0 Å². The van der Waals surface area contributed by atoms with E-state index >= 15 is 0 Å². The van der Waals surface area contributed by atoms with Gasteiger partial charge in [-0.25, -0.2) is 0 Å². The van der Waals surface area contributed by atoms with E-state index in [1.54, 1.807) is 0 Å². The molecule has 0 aliphatic rings. The summed E-state index contributed by atoms with van der Waals surface area (Å²) >= 11 is 0. The molecule has 0 bridgehead atoms. The molecule has 1 rings (SSSR count). The second-order valence-corrected chi connectivity index (χ2v) is 16.4. The SMILES string of the molecule is CCCCCCCC(=O)[O-].CCCCCCCC(=O)[O-].CCCCCCCC(=O)[O-].CCCCCCCC(=O)[O-].CCCCCCCC(=O)[O-].CCCCCCCC(=O)[O-].[C]=O.[C]=O.[C]=O.[Cr+3].[Cr+3].c1ccccc1.